The quantitative estimate of drug-likeness (QED) is 0.297. The van der Waals surface area contributed by atoms with Crippen LogP contribution < -0.4 is 18.9 Å². The van der Waals surface area contributed by atoms with E-state index >= 15 is 0 Å². The molecular weight excluding hydrogens is 534 g/mol. The third-order valence-corrected chi connectivity index (χ3v) is 9.56. The van der Waals surface area contributed by atoms with Crippen LogP contribution in [0.3, 0.4) is 0 Å². The van der Waals surface area contributed by atoms with Crippen LogP contribution in [0.1, 0.15) is 30.4 Å². The molecule has 0 spiro atoms. The number of rotatable bonds is 12. The van der Waals surface area contributed by atoms with Gasteiger partial charge in [-0.3, -0.25) is 0 Å². The molecule has 0 amide bonds. The molecular formula is C26H38BrNO4S2. The van der Waals surface area contributed by atoms with E-state index in [1.165, 1.54) is 29.1 Å². The first-order chi connectivity index (χ1) is 16.0. The fourth-order valence-corrected chi connectivity index (χ4v) is 7.57. The Morgan fingerprint density at radius 1 is 0.794 bits per heavy atom. The number of halogens is 1. The van der Waals surface area contributed by atoms with Crippen molar-refractivity contribution in [3.05, 3.63) is 47.5 Å². The van der Waals surface area contributed by atoms with Gasteiger partial charge in [0.25, 0.3) is 0 Å². The molecule has 1 heterocycles. The Labute approximate surface area is 224 Å². The van der Waals surface area contributed by atoms with E-state index in [0.717, 1.165) is 55.4 Å². The minimum Gasteiger partial charge on any atom is -0.493 e. The molecule has 1 aliphatic heterocycles. The molecule has 0 N–H and O–H groups in total. The third kappa shape index (κ3) is 7.39. The summed E-state index contributed by atoms with van der Waals surface area (Å²) in [5.41, 5.74) is 2.60. The standard InChI is InChI=1S/C26H37NO4S2.BrH/c1-27(15-12-20-8-10-22(28-2)24(18-20)30-4)14-6-13-26(32-16-7-17-33-26)21-9-11-23(29-3)25(19-21)31-5;/h8-11,18-19H,6-7,12-17H2,1-5H3;1H. The Hall–Kier alpha value is -1.22. The highest BCUT2D eigenvalue weighted by molar-refractivity contribution is 8.93. The van der Waals surface area contributed by atoms with E-state index in [2.05, 4.69) is 59.7 Å². The monoisotopic (exact) mass is 571 g/mol. The average Bonchev–Trinajstić information content (AvgIpc) is 2.87. The Bertz CT molecular complexity index is 893. The Morgan fingerprint density at radius 2 is 1.38 bits per heavy atom. The number of ether oxygens (including phenoxy) is 4. The van der Waals surface area contributed by atoms with Gasteiger partial charge in [-0.1, -0.05) is 12.1 Å². The lowest BCUT2D eigenvalue weighted by Gasteiger charge is -2.37. The largest absolute Gasteiger partial charge is 0.493 e. The van der Waals surface area contributed by atoms with E-state index in [9.17, 15) is 0 Å². The summed E-state index contributed by atoms with van der Waals surface area (Å²) in [5, 5.41) is 0. The lowest BCUT2D eigenvalue weighted by Crippen LogP contribution is -2.27. The van der Waals surface area contributed by atoms with Gasteiger partial charge in [-0.15, -0.1) is 40.5 Å². The zero-order valence-corrected chi connectivity index (χ0v) is 24.3. The van der Waals surface area contributed by atoms with Crippen molar-refractivity contribution in [1.29, 1.82) is 0 Å². The summed E-state index contributed by atoms with van der Waals surface area (Å²) in [7, 11) is 8.97. The lowest BCUT2D eigenvalue weighted by atomic mass is 10.1. The number of benzene rings is 2. The molecule has 0 aromatic heterocycles. The normalized spacial score (nSPS) is 14.9. The van der Waals surface area contributed by atoms with Crippen LogP contribution >= 0.6 is 40.5 Å². The summed E-state index contributed by atoms with van der Waals surface area (Å²) in [6.45, 7) is 2.09. The van der Waals surface area contributed by atoms with Crippen molar-refractivity contribution in [3.63, 3.8) is 0 Å². The first kappa shape index (κ1) is 29.0. The van der Waals surface area contributed by atoms with Crippen LogP contribution in [0.15, 0.2) is 36.4 Å². The predicted octanol–water partition coefficient (Wildman–Crippen LogP) is 6.28. The maximum atomic E-state index is 5.59. The molecule has 5 nitrogen and oxygen atoms in total. The average molecular weight is 573 g/mol. The minimum atomic E-state index is 0. The first-order valence-corrected chi connectivity index (χ1v) is 13.4. The van der Waals surface area contributed by atoms with E-state index in [-0.39, 0.29) is 21.1 Å². The molecule has 1 fully saturated rings. The van der Waals surface area contributed by atoms with Crippen molar-refractivity contribution in [2.75, 3.05) is 60.1 Å². The Morgan fingerprint density at radius 3 is 2.00 bits per heavy atom. The van der Waals surface area contributed by atoms with E-state index in [1.807, 2.05) is 12.1 Å². The van der Waals surface area contributed by atoms with Crippen LogP contribution in [0, 0.1) is 0 Å². The second kappa shape index (κ2) is 14.4. The molecule has 2 aromatic carbocycles. The number of hydrogen-bond donors (Lipinski definition) is 0. The van der Waals surface area contributed by atoms with Gasteiger partial charge in [-0.05, 0) is 86.2 Å². The molecule has 0 radical (unpaired) electrons. The molecule has 0 aliphatic carbocycles. The minimum absolute atomic E-state index is 0. The van der Waals surface area contributed by atoms with Crippen LogP contribution in [-0.2, 0) is 10.5 Å². The van der Waals surface area contributed by atoms with E-state index in [4.69, 9.17) is 18.9 Å². The first-order valence-electron chi connectivity index (χ1n) is 11.4. The van der Waals surface area contributed by atoms with Crippen molar-refractivity contribution < 1.29 is 18.9 Å². The Balaban J connectivity index is 0.00000408. The molecule has 0 bridgehead atoms. The van der Waals surface area contributed by atoms with Gasteiger partial charge in [0.05, 0.1) is 32.5 Å². The summed E-state index contributed by atoms with van der Waals surface area (Å²) < 4.78 is 21.9. The van der Waals surface area contributed by atoms with Crippen LogP contribution in [0.5, 0.6) is 23.0 Å². The van der Waals surface area contributed by atoms with Gasteiger partial charge in [-0.25, -0.2) is 0 Å². The molecule has 190 valence electrons. The van der Waals surface area contributed by atoms with Gasteiger partial charge in [0.15, 0.2) is 23.0 Å². The maximum Gasteiger partial charge on any atom is 0.161 e. The molecule has 0 saturated carbocycles. The number of methoxy groups -OCH3 is 4. The van der Waals surface area contributed by atoms with Crippen LogP contribution in [0.2, 0.25) is 0 Å². The van der Waals surface area contributed by atoms with E-state index in [1.54, 1.807) is 28.4 Å². The molecule has 3 rings (SSSR count). The third-order valence-electron chi connectivity index (χ3n) is 6.06. The summed E-state index contributed by atoms with van der Waals surface area (Å²) in [6.07, 6.45) is 4.55. The fourth-order valence-electron chi connectivity index (χ4n) is 4.15. The molecule has 1 aliphatic rings. The molecule has 2 aromatic rings. The summed E-state index contributed by atoms with van der Waals surface area (Å²) in [4.78, 5) is 2.43. The van der Waals surface area contributed by atoms with Crippen LogP contribution in [-0.4, -0.2) is 65.0 Å². The highest BCUT2D eigenvalue weighted by Crippen LogP contribution is 2.54. The summed E-state index contributed by atoms with van der Waals surface area (Å²) in [5.74, 6) is 5.58. The van der Waals surface area contributed by atoms with Gasteiger partial charge >= 0.3 is 0 Å². The highest BCUT2D eigenvalue weighted by atomic mass is 79.9. The fraction of sp³-hybridized carbons (Fsp3) is 0.538. The van der Waals surface area contributed by atoms with Gasteiger partial charge in [0.2, 0.25) is 0 Å². The second-order valence-corrected chi connectivity index (χ2v) is 11.3. The van der Waals surface area contributed by atoms with E-state index < -0.39 is 0 Å². The zero-order chi connectivity index (χ0) is 23.7. The van der Waals surface area contributed by atoms with Crippen molar-refractivity contribution in [2.45, 2.75) is 29.8 Å². The summed E-state index contributed by atoms with van der Waals surface area (Å²) >= 11 is 4.18. The van der Waals surface area contributed by atoms with Gasteiger partial charge < -0.3 is 23.8 Å². The predicted molar refractivity (Wildman–Crippen MR) is 151 cm³/mol. The van der Waals surface area contributed by atoms with Crippen molar-refractivity contribution in [2.24, 2.45) is 0 Å². The number of thioether (sulfide) groups is 2. The van der Waals surface area contributed by atoms with Crippen LogP contribution in [0.4, 0.5) is 0 Å². The van der Waals surface area contributed by atoms with Crippen molar-refractivity contribution in [3.8, 4) is 23.0 Å². The van der Waals surface area contributed by atoms with E-state index in [0.29, 0.717) is 0 Å². The molecule has 8 heteroatoms. The topological polar surface area (TPSA) is 40.2 Å². The van der Waals surface area contributed by atoms with Gasteiger partial charge in [0.1, 0.15) is 0 Å². The zero-order valence-electron chi connectivity index (χ0n) is 20.9. The number of likely N-dealkylation sites (N-methyl/N-ethyl adjacent to an activating group) is 1. The van der Waals surface area contributed by atoms with Crippen LogP contribution in [0.25, 0.3) is 0 Å². The van der Waals surface area contributed by atoms with Gasteiger partial charge in [-0.2, -0.15) is 0 Å². The molecule has 1 saturated heterocycles. The highest BCUT2D eigenvalue weighted by Gasteiger charge is 2.36. The molecule has 0 unspecified atom stereocenters. The molecule has 34 heavy (non-hydrogen) atoms. The SMILES string of the molecule is Br.COc1ccc(CCN(C)CCCC2(c3ccc(OC)c(OC)c3)SCCCS2)cc1OC. The maximum absolute atomic E-state index is 5.59. The lowest BCUT2D eigenvalue weighted by molar-refractivity contribution is 0.327. The second-order valence-electron chi connectivity index (χ2n) is 8.22. The smallest absolute Gasteiger partial charge is 0.161 e. The number of nitrogens with zero attached hydrogens (tertiary/aromatic N) is 1. The summed E-state index contributed by atoms with van der Waals surface area (Å²) in [6, 6.07) is 12.6. The number of hydrogen-bond acceptors (Lipinski definition) is 7. The Kier molecular flexibility index (Phi) is 12.3. The van der Waals surface area contributed by atoms with Crippen molar-refractivity contribution >= 4 is 40.5 Å². The van der Waals surface area contributed by atoms with Crippen molar-refractivity contribution in [1.82, 2.24) is 4.90 Å². The molecule has 0 atom stereocenters. The van der Waals surface area contributed by atoms with Gasteiger partial charge in [0, 0.05) is 6.54 Å².